The Morgan fingerprint density at radius 1 is 1.12 bits per heavy atom. The maximum atomic E-state index is 14.3. The molecule has 2 aromatic rings. The van der Waals surface area contributed by atoms with E-state index in [1.807, 2.05) is 6.07 Å². The lowest BCUT2D eigenvalue weighted by Crippen LogP contribution is -2.36. The van der Waals surface area contributed by atoms with Gasteiger partial charge in [0.15, 0.2) is 11.5 Å². The second-order valence-corrected chi connectivity index (χ2v) is 5.35. The van der Waals surface area contributed by atoms with E-state index in [-0.39, 0.29) is 18.3 Å². The molecule has 136 valence electrons. The number of carbonyl (C=O) groups excluding carboxylic acids is 1. The summed E-state index contributed by atoms with van der Waals surface area (Å²) in [6, 6.07) is 10.3. The monoisotopic (exact) mass is 368 g/mol. The van der Waals surface area contributed by atoms with Crippen molar-refractivity contribution in [3.05, 3.63) is 59.4 Å². The number of benzene rings is 2. The first-order chi connectivity index (χ1) is 11.5. The minimum Gasteiger partial charge on any atom is -0.493 e. The Labute approximate surface area is 152 Å². The number of methoxy groups -OCH3 is 2. The van der Waals surface area contributed by atoms with Crippen molar-refractivity contribution in [1.82, 2.24) is 5.32 Å². The Morgan fingerprint density at radius 3 is 2.24 bits per heavy atom. The first-order valence-corrected chi connectivity index (χ1v) is 7.50. The topological polar surface area (TPSA) is 73.6 Å². The lowest BCUT2D eigenvalue weighted by Gasteiger charge is -2.20. The third kappa shape index (κ3) is 4.84. The molecule has 2 unspecified atom stereocenters. The molecule has 0 aliphatic heterocycles. The van der Waals surface area contributed by atoms with Crippen molar-refractivity contribution >= 4 is 18.3 Å². The van der Waals surface area contributed by atoms with Gasteiger partial charge in [0, 0.05) is 11.6 Å². The van der Waals surface area contributed by atoms with Crippen LogP contribution in [0.25, 0.3) is 0 Å². The van der Waals surface area contributed by atoms with E-state index in [9.17, 15) is 9.18 Å². The summed E-state index contributed by atoms with van der Waals surface area (Å²) in [5.74, 6) is -0.197. The van der Waals surface area contributed by atoms with Crippen molar-refractivity contribution in [3.63, 3.8) is 0 Å². The highest BCUT2D eigenvalue weighted by Gasteiger charge is 2.21. The van der Waals surface area contributed by atoms with Gasteiger partial charge in [-0.15, -0.1) is 12.4 Å². The summed E-state index contributed by atoms with van der Waals surface area (Å²) in [4.78, 5) is 12.3. The molecular weight excluding hydrogens is 347 g/mol. The molecule has 0 heterocycles. The summed E-state index contributed by atoms with van der Waals surface area (Å²) in [5.41, 5.74) is 6.94. The Kier molecular flexibility index (Phi) is 7.67. The van der Waals surface area contributed by atoms with Gasteiger partial charge in [-0.2, -0.15) is 0 Å². The van der Waals surface area contributed by atoms with Crippen molar-refractivity contribution in [2.45, 2.75) is 19.0 Å². The molecule has 0 spiro atoms. The Morgan fingerprint density at radius 2 is 1.68 bits per heavy atom. The van der Waals surface area contributed by atoms with Gasteiger partial charge in [0.05, 0.1) is 20.3 Å². The van der Waals surface area contributed by atoms with Crippen LogP contribution in [0.4, 0.5) is 4.39 Å². The molecule has 5 nitrogen and oxygen atoms in total. The van der Waals surface area contributed by atoms with E-state index < -0.39 is 17.9 Å². The van der Waals surface area contributed by atoms with E-state index in [2.05, 4.69) is 5.32 Å². The zero-order valence-electron chi connectivity index (χ0n) is 14.3. The molecule has 25 heavy (non-hydrogen) atoms. The second-order valence-electron chi connectivity index (χ2n) is 5.35. The van der Waals surface area contributed by atoms with Crippen molar-refractivity contribution < 1.29 is 18.7 Å². The predicted molar refractivity (Wildman–Crippen MR) is 96.7 cm³/mol. The van der Waals surface area contributed by atoms with Crippen LogP contribution >= 0.6 is 12.4 Å². The van der Waals surface area contributed by atoms with Gasteiger partial charge < -0.3 is 20.5 Å². The van der Waals surface area contributed by atoms with E-state index >= 15 is 0 Å². The average molecular weight is 369 g/mol. The van der Waals surface area contributed by atoms with Gasteiger partial charge in [-0.1, -0.05) is 30.3 Å². The molecule has 0 aromatic heterocycles. The van der Waals surface area contributed by atoms with Gasteiger partial charge in [0.1, 0.15) is 11.9 Å². The zero-order valence-corrected chi connectivity index (χ0v) is 15.1. The fourth-order valence-electron chi connectivity index (χ4n) is 2.39. The second kappa shape index (κ2) is 9.25. The summed E-state index contributed by atoms with van der Waals surface area (Å²) in [5, 5.41) is 2.72. The summed E-state index contributed by atoms with van der Waals surface area (Å²) in [6.07, 6.45) is 0. The van der Waals surface area contributed by atoms with Crippen LogP contribution < -0.4 is 20.5 Å². The van der Waals surface area contributed by atoms with Gasteiger partial charge in [-0.3, -0.25) is 4.79 Å². The summed E-state index contributed by atoms with van der Waals surface area (Å²) < 4.78 is 24.5. The first-order valence-electron chi connectivity index (χ1n) is 7.50. The standard InChI is InChI=1S/C18H21FN2O3.ClH/c1-11(13-9-15(23-2)16(24-3)10-14(13)19)21-18(22)17(20)12-7-5-4-6-8-12;/h4-11,17H,20H2,1-3H3,(H,21,22);1H. The molecule has 0 saturated heterocycles. The lowest BCUT2D eigenvalue weighted by molar-refractivity contribution is -0.123. The summed E-state index contributed by atoms with van der Waals surface area (Å²) in [7, 11) is 2.90. The van der Waals surface area contributed by atoms with Crippen LogP contribution in [0.15, 0.2) is 42.5 Å². The maximum Gasteiger partial charge on any atom is 0.241 e. The van der Waals surface area contributed by atoms with Crippen LogP contribution in [0, 0.1) is 5.82 Å². The normalized spacial score (nSPS) is 12.5. The number of ether oxygens (including phenoxy) is 2. The number of halogens is 2. The van der Waals surface area contributed by atoms with Crippen molar-refractivity contribution in [2.75, 3.05) is 14.2 Å². The highest BCUT2D eigenvalue weighted by molar-refractivity contribution is 5.85. The Balaban J connectivity index is 0.00000312. The van der Waals surface area contributed by atoms with E-state index in [4.69, 9.17) is 15.2 Å². The van der Waals surface area contributed by atoms with Crippen molar-refractivity contribution in [3.8, 4) is 11.5 Å². The molecule has 0 radical (unpaired) electrons. The fraction of sp³-hybridized carbons (Fsp3) is 0.278. The third-order valence-corrected chi connectivity index (χ3v) is 3.77. The Bertz CT molecular complexity index is 713. The van der Waals surface area contributed by atoms with Crippen molar-refractivity contribution in [1.29, 1.82) is 0 Å². The molecule has 0 bridgehead atoms. The number of carbonyl (C=O) groups is 1. The van der Waals surface area contributed by atoms with Crippen LogP contribution in [-0.2, 0) is 4.79 Å². The van der Waals surface area contributed by atoms with Gasteiger partial charge in [0.25, 0.3) is 0 Å². The largest absolute Gasteiger partial charge is 0.493 e. The van der Waals surface area contributed by atoms with Gasteiger partial charge in [0.2, 0.25) is 5.91 Å². The minimum absolute atomic E-state index is 0. The quantitative estimate of drug-likeness (QED) is 0.821. The van der Waals surface area contributed by atoms with E-state index in [0.29, 0.717) is 22.6 Å². The number of nitrogens with one attached hydrogen (secondary N) is 1. The van der Waals surface area contributed by atoms with Crippen LogP contribution in [0.1, 0.15) is 30.1 Å². The molecule has 2 rings (SSSR count). The highest BCUT2D eigenvalue weighted by Crippen LogP contribution is 2.32. The van der Waals surface area contributed by atoms with Gasteiger partial charge in [-0.05, 0) is 18.6 Å². The van der Waals surface area contributed by atoms with E-state index in [0.717, 1.165) is 0 Å². The third-order valence-electron chi connectivity index (χ3n) is 3.77. The molecule has 0 saturated carbocycles. The summed E-state index contributed by atoms with van der Waals surface area (Å²) in [6.45, 7) is 1.68. The Hall–Kier alpha value is -2.31. The minimum atomic E-state index is -0.822. The van der Waals surface area contributed by atoms with E-state index in [1.165, 1.54) is 26.4 Å². The number of hydrogen-bond donors (Lipinski definition) is 2. The summed E-state index contributed by atoms with van der Waals surface area (Å²) >= 11 is 0. The molecule has 7 heteroatoms. The molecule has 1 amide bonds. The van der Waals surface area contributed by atoms with Crippen LogP contribution in [0.3, 0.4) is 0 Å². The number of nitrogens with two attached hydrogens (primary N) is 1. The van der Waals surface area contributed by atoms with Crippen LogP contribution in [0.2, 0.25) is 0 Å². The lowest BCUT2D eigenvalue weighted by atomic mass is 10.0. The smallest absolute Gasteiger partial charge is 0.241 e. The molecule has 0 fully saturated rings. The first kappa shape index (κ1) is 20.7. The number of amides is 1. The molecule has 0 aliphatic rings. The molecule has 0 aliphatic carbocycles. The molecule has 3 N–H and O–H groups in total. The molecule has 2 atom stereocenters. The zero-order chi connectivity index (χ0) is 17.7. The molecular formula is C18H22ClFN2O3. The average Bonchev–Trinajstić information content (AvgIpc) is 2.61. The number of hydrogen-bond acceptors (Lipinski definition) is 4. The van der Waals surface area contributed by atoms with Crippen molar-refractivity contribution in [2.24, 2.45) is 5.73 Å². The molecule has 2 aromatic carbocycles. The maximum absolute atomic E-state index is 14.3. The predicted octanol–water partition coefficient (Wildman–Crippen LogP) is 3.14. The van der Waals surface area contributed by atoms with Crippen LogP contribution in [0.5, 0.6) is 11.5 Å². The SMILES string of the molecule is COc1cc(F)c(C(C)NC(=O)C(N)c2ccccc2)cc1OC.Cl. The number of rotatable bonds is 6. The van der Waals surface area contributed by atoms with Gasteiger partial charge in [-0.25, -0.2) is 4.39 Å². The van der Waals surface area contributed by atoms with Gasteiger partial charge >= 0.3 is 0 Å². The fourth-order valence-corrected chi connectivity index (χ4v) is 2.39. The van der Waals surface area contributed by atoms with E-state index in [1.54, 1.807) is 31.2 Å². The highest BCUT2D eigenvalue weighted by atomic mass is 35.5. The van der Waals surface area contributed by atoms with Crippen LogP contribution in [-0.4, -0.2) is 20.1 Å².